The molecule has 3 heterocycles. The number of thiophene rings is 1. The van der Waals surface area contributed by atoms with Crippen molar-refractivity contribution in [2.75, 3.05) is 6.61 Å². The Labute approximate surface area is 274 Å². The van der Waals surface area contributed by atoms with Gasteiger partial charge in [-0.2, -0.15) is 20.7 Å². The lowest BCUT2D eigenvalue weighted by atomic mass is 10.0. The number of nitrogens with zero attached hydrogens (tertiary/aromatic N) is 7. The van der Waals surface area contributed by atoms with Gasteiger partial charge in [0.05, 0.1) is 36.9 Å². The number of amides is 1. The van der Waals surface area contributed by atoms with Gasteiger partial charge in [-0.25, -0.2) is 9.36 Å². The Morgan fingerprint density at radius 3 is 2.43 bits per heavy atom. The second-order valence-electron chi connectivity index (χ2n) is 10.3. The standard InChI is InChI=1S/C27H29N7O5S.C3H5NOS/c1-6-16(2)31-25(37)27(5,15-28)33-22(36)21-17(3)23(34-29-12-13-30-34)40-24(21)32(26(33)38)14-11-19-9-7-8-10-20(19)39-18(4)35;4-2-1-3-5-6/h7-10,12-13,16H,6,11,14H2,1-5H3,(H,31,37);6H,1,3H2. The number of hydrogen-bond acceptors (Lipinski definition) is 12. The van der Waals surface area contributed by atoms with Crippen LogP contribution in [0.1, 0.15) is 51.7 Å². The summed E-state index contributed by atoms with van der Waals surface area (Å²) in [7, 11) is 0. The SMILES string of the molecule is CCC(C)NC(=O)C(C)(C#N)n1c(=O)c2c(C)c(-n3nccn3)sc2n(CCc2ccccc2OC(C)=O)c1=O.N#CCCOS. The third-order valence-corrected chi connectivity index (χ3v) is 8.48. The molecule has 0 aliphatic heterocycles. The van der Waals surface area contributed by atoms with Gasteiger partial charge in [0.2, 0.25) is 5.54 Å². The predicted octanol–water partition coefficient (Wildman–Crippen LogP) is 3.20. The quantitative estimate of drug-likeness (QED) is 0.0791. The van der Waals surface area contributed by atoms with Crippen molar-refractivity contribution in [1.29, 1.82) is 10.5 Å². The van der Waals surface area contributed by atoms with E-state index < -0.39 is 28.7 Å². The van der Waals surface area contributed by atoms with Crippen molar-refractivity contribution in [2.45, 2.75) is 72.0 Å². The molecule has 0 spiro atoms. The van der Waals surface area contributed by atoms with Gasteiger partial charge in [0.15, 0.2) is 0 Å². The number of benzene rings is 1. The number of esters is 1. The molecular formula is C30H34N8O6S2. The fraction of sp³-hybridized carbons (Fsp3) is 0.400. The molecule has 2 atom stereocenters. The number of carbonyl (C=O) groups excluding carboxylic acids is 2. The van der Waals surface area contributed by atoms with E-state index in [1.807, 2.05) is 19.1 Å². The minimum Gasteiger partial charge on any atom is -0.426 e. The van der Waals surface area contributed by atoms with Crippen molar-refractivity contribution < 1.29 is 18.5 Å². The monoisotopic (exact) mass is 666 g/mol. The van der Waals surface area contributed by atoms with Crippen molar-refractivity contribution in [3.63, 3.8) is 0 Å². The summed E-state index contributed by atoms with van der Waals surface area (Å²) in [6.07, 6.45) is 4.26. The number of hydrogen-bond donors (Lipinski definition) is 2. The highest BCUT2D eigenvalue weighted by atomic mass is 32.1. The number of ether oxygens (including phenoxy) is 1. The van der Waals surface area contributed by atoms with Crippen molar-refractivity contribution in [3.8, 4) is 22.9 Å². The number of para-hydroxylation sites is 1. The van der Waals surface area contributed by atoms with Crippen LogP contribution in [-0.4, -0.2) is 48.7 Å². The molecule has 0 aliphatic carbocycles. The van der Waals surface area contributed by atoms with E-state index in [1.54, 1.807) is 38.1 Å². The van der Waals surface area contributed by atoms with Crippen LogP contribution in [0.3, 0.4) is 0 Å². The van der Waals surface area contributed by atoms with Crippen LogP contribution >= 0.6 is 24.2 Å². The summed E-state index contributed by atoms with van der Waals surface area (Å²) in [4.78, 5) is 54.6. The van der Waals surface area contributed by atoms with Gasteiger partial charge >= 0.3 is 11.7 Å². The molecule has 4 aromatic rings. The lowest BCUT2D eigenvalue weighted by Crippen LogP contribution is -2.57. The Morgan fingerprint density at radius 1 is 1.20 bits per heavy atom. The Hall–Kier alpha value is -4.77. The van der Waals surface area contributed by atoms with Gasteiger partial charge in [-0.15, -0.1) is 4.80 Å². The lowest BCUT2D eigenvalue weighted by molar-refractivity contribution is -0.132. The normalized spacial score (nSPS) is 12.6. The zero-order valence-corrected chi connectivity index (χ0v) is 27.7. The molecule has 4 rings (SSSR count). The zero-order chi connectivity index (χ0) is 34.0. The molecule has 14 nitrogen and oxygen atoms in total. The number of aryl methyl sites for hydroxylation is 3. The van der Waals surface area contributed by atoms with E-state index in [9.17, 15) is 24.4 Å². The molecule has 1 N–H and O–H groups in total. The van der Waals surface area contributed by atoms with Gasteiger partial charge < -0.3 is 14.2 Å². The third kappa shape index (κ3) is 7.71. The minimum atomic E-state index is -2.12. The highest BCUT2D eigenvalue weighted by Gasteiger charge is 2.40. The summed E-state index contributed by atoms with van der Waals surface area (Å²) in [6, 6.07) is 10.5. The van der Waals surface area contributed by atoms with Crippen LogP contribution in [-0.2, 0) is 32.3 Å². The van der Waals surface area contributed by atoms with E-state index in [1.165, 1.54) is 35.6 Å². The van der Waals surface area contributed by atoms with Crippen molar-refractivity contribution in [3.05, 3.63) is 68.6 Å². The van der Waals surface area contributed by atoms with E-state index in [-0.39, 0.29) is 24.4 Å². The second-order valence-corrected chi connectivity index (χ2v) is 11.5. The summed E-state index contributed by atoms with van der Waals surface area (Å²) >= 11 is 4.56. The molecule has 242 valence electrons. The van der Waals surface area contributed by atoms with Gasteiger partial charge in [0.25, 0.3) is 11.5 Å². The topological polar surface area (TPSA) is 187 Å². The van der Waals surface area contributed by atoms with Gasteiger partial charge in [0.1, 0.15) is 21.7 Å². The van der Waals surface area contributed by atoms with Crippen LogP contribution in [0.5, 0.6) is 5.75 Å². The van der Waals surface area contributed by atoms with Gasteiger partial charge in [0, 0.05) is 25.1 Å². The highest BCUT2D eigenvalue weighted by molar-refractivity contribution is 7.75. The van der Waals surface area contributed by atoms with Crippen LogP contribution in [0.2, 0.25) is 0 Å². The minimum absolute atomic E-state index is 0.0638. The fourth-order valence-electron chi connectivity index (χ4n) is 4.39. The molecule has 0 saturated carbocycles. The summed E-state index contributed by atoms with van der Waals surface area (Å²) < 4.78 is 11.7. The Balaban J connectivity index is 0.000000875. The molecule has 0 aliphatic rings. The first-order valence-electron chi connectivity index (χ1n) is 14.2. The predicted molar refractivity (Wildman–Crippen MR) is 174 cm³/mol. The second kappa shape index (κ2) is 16.0. The lowest BCUT2D eigenvalue weighted by Gasteiger charge is -2.25. The van der Waals surface area contributed by atoms with E-state index in [4.69, 9.17) is 10.00 Å². The number of nitriles is 2. The molecule has 1 aromatic carbocycles. The highest BCUT2D eigenvalue weighted by Crippen LogP contribution is 2.31. The number of fused-ring (bicyclic) bond motifs is 1. The van der Waals surface area contributed by atoms with E-state index in [0.29, 0.717) is 46.2 Å². The molecule has 0 fully saturated rings. The Kier molecular flexibility index (Phi) is 12.4. The first-order valence-corrected chi connectivity index (χ1v) is 15.4. The smallest absolute Gasteiger partial charge is 0.333 e. The molecule has 1 amide bonds. The number of nitrogens with one attached hydrogen (secondary N) is 1. The van der Waals surface area contributed by atoms with Gasteiger partial charge in [-0.3, -0.25) is 19.0 Å². The number of carbonyl (C=O) groups is 2. The average Bonchev–Trinajstić information content (AvgIpc) is 3.68. The molecule has 2 unspecified atom stereocenters. The third-order valence-electron chi connectivity index (χ3n) is 7.02. The van der Waals surface area contributed by atoms with Crippen molar-refractivity contribution >= 4 is 46.3 Å². The van der Waals surface area contributed by atoms with Crippen molar-refractivity contribution in [2.24, 2.45) is 0 Å². The van der Waals surface area contributed by atoms with Crippen LogP contribution in [0.15, 0.2) is 46.2 Å². The van der Waals surface area contributed by atoms with Gasteiger partial charge in [-0.1, -0.05) is 36.5 Å². The summed E-state index contributed by atoms with van der Waals surface area (Å²) in [5.41, 5.74) is -2.53. The molecule has 0 saturated heterocycles. The van der Waals surface area contributed by atoms with Crippen LogP contribution in [0.25, 0.3) is 15.2 Å². The van der Waals surface area contributed by atoms with Crippen LogP contribution in [0, 0.1) is 29.6 Å². The van der Waals surface area contributed by atoms with Gasteiger partial charge in [-0.05, 0) is 58.2 Å². The summed E-state index contributed by atoms with van der Waals surface area (Å²) in [5.74, 6) is -0.884. The number of aromatic nitrogens is 5. The molecular weight excluding hydrogens is 633 g/mol. The molecule has 0 bridgehead atoms. The van der Waals surface area contributed by atoms with Crippen LogP contribution < -0.4 is 21.3 Å². The molecule has 46 heavy (non-hydrogen) atoms. The Bertz CT molecular complexity index is 1900. The maximum absolute atomic E-state index is 14.0. The zero-order valence-electron chi connectivity index (χ0n) is 26.0. The van der Waals surface area contributed by atoms with Crippen LogP contribution in [0.4, 0.5) is 0 Å². The number of rotatable bonds is 11. The maximum atomic E-state index is 14.0. The first kappa shape index (κ1) is 35.7. The summed E-state index contributed by atoms with van der Waals surface area (Å²) in [5, 5.41) is 29.8. The van der Waals surface area contributed by atoms with E-state index in [0.717, 1.165) is 15.9 Å². The fourth-order valence-corrected chi connectivity index (χ4v) is 5.72. The Morgan fingerprint density at radius 2 is 1.87 bits per heavy atom. The largest absolute Gasteiger partial charge is 0.426 e. The number of thiol groups is 1. The summed E-state index contributed by atoms with van der Waals surface area (Å²) in [6.45, 7) is 8.38. The average molecular weight is 667 g/mol. The van der Waals surface area contributed by atoms with E-state index in [2.05, 4.69) is 32.6 Å². The molecule has 0 radical (unpaired) electrons. The maximum Gasteiger partial charge on any atom is 0.333 e. The first-order chi connectivity index (χ1) is 21.9. The molecule has 3 aromatic heterocycles. The van der Waals surface area contributed by atoms with E-state index >= 15 is 0 Å². The van der Waals surface area contributed by atoms with Crippen molar-refractivity contribution in [1.82, 2.24) is 29.4 Å². The molecule has 16 heteroatoms.